The summed E-state index contributed by atoms with van der Waals surface area (Å²) in [5.41, 5.74) is 3.44. The van der Waals surface area contributed by atoms with Gasteiger partial charge in [0.25, 0.3) is 5.91 Å². The smallest absolute Gasteiger partial charge is 0.266 e. The molecule has 6 heteroatoms. The first kappa shape index (κ1) is 20.7. The van der Waals surface area contributed by atoms with Crippen LogP contribution in [-0.2, 0) is 11.3 Å². The minimum absolute atomic E-state index is 0.00868. The zero-order valence-electron chi connectivity index (χ0n) is 16.3. The lowest BCUT2D eigenvalue weighted by Gasteiger charge is -2.05. The van der Waals surface area contributed by atoms with Crippen molar-refractivity contribution < 1.29 is 4.79 Å². The van der Waals surface area contributed by atoms with E-state index in [4.69, 9.17) is 23.2 Å². The standard InChI is InChI=1S/C25H17Cl2N3O/c26-20-10-8-17(9-11-20)15-30-16-19(23-6-1-2-7-24(23)30)12-18(14-28)25(31)29-22-5-3-4-21(27)13-22/h1-13,16H,15H2,(H,29,31)/b18-12-. The zero-order valence-corrected chi connectivity index (χ0v) is 17.9. The van der Waals surface area contributed by atoms with Crippen molar-refractivity contribution in [3.8, 4) is 6.07 Å². The van der Waals surface area contributed by atoms with E-state index in [0.717, 1.165) is 22.0 Å². The van der Waals surface area contributed by atoms with Crippen LogP contribution in [-0.4, -0.2) is 10.5 Å². The first-order valence-corrected chi connectivity index (χ1v) is 10.3. The molecule has 152 valence electrons. The molecular formula is C25H17Cl2N3O. The predicted molar refractivity (Wildman–Crippen MR) is 126 cm³/mol. The number of halogens is 2. The van der Waals surface area contributed by atoms with Gasteiger partial charge in [0.05, 0.1) is 0 Å². The summed E-state index contributed by atoms with van der Waals surface area (Å²) in [6, 6.07) is 24.4. The van der Waals surface area contributed by atoms with E-state index in [-0.39, 0.29) is 5.57 Å². The van der Waals surface area contributed by atoms with E-state index in [9.17, 15) is 10.1 Å². The van der Waals surface area contributed by atoms with Gasteiger partial charge in [0.1, 0.15) is 11.6 Å². The molecule has 0 fully saturated rings. The topological polar surface area (TPSA) is 57.8 Å². The molecule has 0 spiro atoms. The highest BCUT2D eigenvalue weighted by molar-refractivity contribution is 6.31. The largest absolute Gasteiger partial charge is 0.342 e. The Morgan fingerprint density at radius 2 is 1.77 bits per heavy atom. The van der Waals surface area contributed by atoms with Crippen LogP contribution in [0.5, 0.6) is 0 Å². The minimum Gasteiger partial charge on any atom is -0.342 e. The van der Waals surface area contributed by atoms with Crippen LogP contribution in [0.25, 0.3) is 17.0 Å². The van der Waals surface area contributed by atoms with Crippen LogP contribution in [0.3, 0.4) is 0 Å². The number of carbonyl (C=O) groups is 1. The molecule has 0 aliphatic carbocycles. The monoisotopic (exact) mass is 445 g/mol. The molecule has 0 aliphatic rings. The normalized spacial score (nSPS) is 11.3. The summed E-state index contributed by atoms with van der Waals surface area (Å²) >= 11 is 12.0. The maximum atomic E-state index is 12.7. The number of nitrogens with one attached hydrogen (secondary N) is 1. The third-order valence-corrected chi connectivity index (χ3v) is 5.32. The summed E-state index contributed by atoms with van der Waals surface area (Å²) in [6.45, 7) is 0.641. The van der Waals surface area contributed by atoms with E-state index in [2.05, 4.69) is 9.88 Å². The molecule has 0 aliphatic heterocycles. The molecular weight excluding hydrogens is 429 g/mol. The van der Waals surface area contributed by atoms with Gasteiger partial charge < -0.3 is 9.88 Å². The lowest BCUT2D eigenvalue weighted by atomic mass is 10.1. The van der Waals surface area contributed by atoms with Crippen LogP contribution in [0.2, 0.25) is 10.0 Å². The number of benzene rings is 3. The lowest BCUT2D eigenvalue weighted by molar-refractivity contribution is -0.112. The Hall–Kier alpha value is -3.52. The summed E-state index contributed by atoms with van der Waals surface area (Å²) in [5.74, 6) is -0.487. The van der Waals surface area contributed by atoms with Gasteiger partial charge in [-0.15, -0.1) is 0 Å². The van der Waals surface area contributed by atoms with Gasteiger partial charge >= 0.3 is 0 Å². The van der Waals surface area contributed by atoms with Crippen LogP contribution in [0.4, 0.5) is 5.69 Å². The van der Waals surface area contributed by atoms with Crippen molar-refractivity contribution in [1.29, 1.82) is 5.26 Å². The van der Waals surface area contributed by atoms with Crippen molar-refractivity contribution in [2.45, 2.75) is 6.54 Å². The number of para-hydroxylation sites is 1. The van der Waals surface area contributed by atoms with Gasteiger partial charge in [-0.2, -0.15) is 5.26 Å². The average Bonchev–Trinajstić information content (AvgIpc) is 3.11. The molecule has 0 radical (unpaired) electrons. The quantitative estimate of drug-likeness (QED) is 0.280. The van der Waals surface area contributed by atoms with Gasteiger partial charge in [-0.3, -0.25) is 4.79 Å². The first-order chi connectivity index (χ1) is 15.0. The molecule has 0 atom stereocenters. The van der Waals surface area contributed by atoms with Crippen molar-refractivity contribution in [2.75, 3.05) is 5.32 Å². The number of amides is 1. The molecule has 4 nitrogen and oxygen atoms in total. The lowest BCUT2D eigenvalue weighted by Crippen LogP contribution is -2.13. The fraction of sp³-hybridized carbons (Fsp3) is 0.0400. The summed E-state index contributed by atoms with van der Waals surface area (Å²) in [6.07, 6.45) is 3.56. The number of carbonyl (C=O) groups excluding carboxylic acids is 1. The van der Waals surface area contributed by atoms with Crippen LogP contribution in [0.15, 0.2) is 84.6 Å². The summed E-state index contributed by atoms with van der Waals surface area (Å²) in [5, 5.41) is 14.5. The first-order valence-electron chi connectivity index (χ1n) is 9.54. The number of anilines is 1. The van der Waals surface area contributed by atoms with Crippen molar-refractivity contribution >= 4 is 51.8 Å². The van der Waals surface area contributed by atoms with Crippen LogP contribution in [0.1, 0.15) is 11.1 Å². The second kappa shape index (κ2) is 9.09. The maximum Gasteiger partial charge on any atom is 0.266 e. The number of aromatic nitrogens is 1. The summed E-state index contributed by atoms with van der Waals surface area (Å²) < 4.78 is 2.09. The number of rotatable bonds is 5. The molecule has 1 N–H and O–H groups in total. The third kappa shape index (κ3) is 4.80. The minimum atomic E-state index is -0.487. The molecule has 0 bridgehead atoms. The Balaban J connectivity index is 1.67. The molecule has 31 heavy (non-hydrogen) atoms. The molecule has 4 aromatic rings. The van der Waals surface area contributed by atoms with Crippen LogP contribution in [0, 0.1) is 11.3 Å². The summed E-state index contributed by atoms with van der Waals surface area (Å²) in [4.78, 5) is 12.7. The maximum absolute atomic E-state index is 12.7. The number of fused-ring (bicyclic) bond motifs is 1. The van der Waals surface area contributed by atoms with Gasteiger partial charge in [-0.1, -0.05) is 59.6 Å². The highest BCUT2D eigenvalue weighted by Gasteiger charge is 2.13. The Labute approximate surface area is 189 Å². The van der Waals surface area contributed by atoms with E-state index >= 15 is 0 Å². The van der Waals surface area contributed by atoms with Gasteiger partial charge in [0.15, 0.2) is 0 Å². The second-order valence-corrected chi connectivity index (χ2v) is 7.86. The van der Waals surface area contributed by atoms with Gasteiger partial charge in [-0.05, 0) is 48.0 Å². The Morgan fingerprint density at radius 3 is 2.52 bits per heavy atom. The van der Waals surface area contributed by atoms with Crippen molar-refractivity contribution in [1.82, 2.24) is 4.57 Å². The molecule has 1 heterocycles. The van der Waals surface area contributed by atoms with Gasteiger partial charge in [-0.25, -0.2) is 0 Å². The molecule has 3 aromatic carbocycles. The predicted octanol–water partition coefficient (Wildman–Crippen LogP) is 6.54. The van der Waals surface area contributed by atoms with Crippen molar-refractivity contribution in [3.05, 3.63) is 106 Å². The van der Waals surface area contributed by atoms with E-state index in [1.807, 2.05) is 60.8 Å². The van der Waals surface area contributed by atoms with Gasteiger partial charge in [0, 0.05) is 44.9 Å². The zero-order chi connectivity index (χ0) is 21.8. The van der Waals surface area contributed by atoms with E-state index in [1.54, 1.807) is 30.3 Å². The molecule has 0 saturated heterocycles. The van der Waals surface area contributed by atoms with Gasteiger partial charge in [0.2, 0.25) is 0 Å². The number of nitriles is 1. The Bertz CT molecular complexity index is 1330. The Morgan fingerprint density at radius 1 is 1.00 bits per heavy atom. The SMILES string of the molecule is N#C/C(=C/c1cn(Cc2ccc(Cl)cc2)c2ccccc12)C(=O)Nc1cccc(Cl)c1. The molecule has 4 rings (SSSR count). The molecule has 0 saturated carbocycles. The van der Waals surface area contributed by atoms with Crippen molar-refractivity contribution in [2.24, 2.45) is 0 Å². The fourth-order valence-corrected chi connectivity index (χ4v) is 3.69. The third-order valence-electron chi connectivity index (χ3n) is 4.83. The van der Waals surface area contributed by atoms with E-state index in [0.29, 0.717) is 22.3 Å². The average molecular weight is 446 g/mol. The number of hydrogen-bond donors (Lipinski definition) is 1. The number of nitrogens with zero attached hydrogens (tertiary/aromatic N) is 2. The highest BCUT2D eigenvalue weighted by Crippen LogP contribution is 2.25. The summed E-state index contributed by atoms with van der Waals surface area (Å²) in [7, 11) is 0. The Kier molecular flexibility index (Phi) is 6.08. The number of hydrogen-bond acceptors (Lipinski definition) is 2. The second-order valence-electron chi connectivity index (χ2n) is 6.99. The molecule has 1 amide bonds. The highest BCUT2D eigenvalue weighted by atomic mass is 35.5. The van der Waals surface area contributed by atoms with E-state index < -0.39 is 5.91 Å². The van der Waals surface area contributed by atoms with Crippen molar-refractivity contribution in [3.63, 3.8) is 0 Å². The fourth-order valence-electron chi connectivity index (χ4n) is 3.38. The molecule has 1 aromatic heterocycles. The molecule has 0 unspecified atom stereocenters. The van der Waals surface area contributed by atoms with Crippen LogP contribution >= 0.6 is 23.2 Å². The van der Waals surface area contributed by atoms with E-state index in [1.165, 1.54) is 0 Å². The van der Waals surface area contributed by atoms with Crippen LogP contribution < -0.4 is 5.32 Å².